The molecule has 0 amide bonds. The summed E-state index contributed by atoms with van der Waals surface area (Å²) < 4.78 is 11.6. The van der Waals surface area contributed by atoms with Crippen molar-refractivity contribution < 1.29 is 9.47 Å². The second-order valence-electron chi connectivity index (χ2n) is 7.61. The molecule has 1 aromatic carbocycles. The maximum Gasteiger partial charge on any atom is 0.133 e. The molecule has 5 atom stereocenters. The van der Waals surface area contributed by atoms with Gasteiger partial charge in [-0.05, 0) is 61.1 Å². The van der Waals surface area contributed by atoms with Crippen LogP contribution in [0.15, 0.2) is 43.1 Å². The molecule has 0 radical (unpaired) electrons. The Balaban J connectivity index is 1.57. The second-order valence-corrected chi connectivity index (χ2v) is 7.61. The van der Waals surface area contributed by atoms with Crippen molar-refractivity contribution in [3.8, 4) is 5.75 Å². The number of rotatable bonds is 4. The van der Waals surface area contributed by atoms with Crippen molar-refractivity contribution in [2.45, 2.75) is 24.5 Å². The molecule has 0 aliphatic carbocycles. The molecule has 0 saturated carbocycles. The van der Waals surface area contributed by atoms with Gasteiger partial charge in [0.1, 0.15) is 11.4 Å². The van der Waals surface area contributed by atoms with Crippen molar-refractivity contribution in [3.63, 3.8) is 0 Å². The molecule has 4 unspecified atom stereocenters. The maximum absolute atomic E-state index is 6.19. The highest BCUT2D eigenvalue weighted by Gasteiger charge is 2.59. The van der Waals surface area contributed by atoms with E-state index in [4.69, 9.17) is 9.47 Å². The zero-order chi connectivity index (χ0) is 17.0. The van der Waals surface area contributed by atoms with Crippen molar-refractivity contribution in [3.05, 3.63) is 48.7 Å². The fourth-order valence-corrected chi connectivity index (χ4v) is 5.05. The minimum Gasteiger partial charge on any atom is -0.497 e. The number of aromatic nitrogens is 1. The van der Waals surface area contributed by atoms with Gasteiger partial charge in [-0.3, -0.25) is 9.88 Å². The predicted molar refractivity (Wildman–Crippen MR) is 97.7 cm³/mol. The summed E-state index contributed by atoms with van der Waals surface area (Å²) in [4.78, 5) is 7.17. The molecule has 2 bridgehead atoms. The number of nitrogens with zero attached hydrogens (tertiary/aromatic N) is 2. The lowest BCUT2D eigenvalue weighted by atomic mass is 9.71. The van der Waals surface area contributed by atoms with Crippen molar-refractivity contribution in [1.29, 1.82) is 0 Å². The summed E-state index contributed by atoms with van der Waals surface area (Å²) in [6, 6.07) is 8.71. The van der Waals surface area contributed by atoms with Crippen LogP contribution in [-0.2, 0) is 10.3 Å². The van der Waals surface area contributed by atoms with Crippen molar-refractivity contribution in [2.75, 3.05) is 26.8 Å². The Morgan fingerprint density at radius 1 is 1.40 bits per heavy atom. The number of pyridine rings is 1. The highest BCUT2D eigenvalue weighted by molar-refractivity contribution is 5.85. The van der Waals surface area contributed by atoms with Crippen molar-refractivity contribution >= 4 is 10.9 Å². The molecular formula is C21H24N2O2. The SMILES string of the molecule is C=CC1CN2CCC1CC2[C@@]1(c2ccnc3ccc(OC)cc23)CO1. The number of hydrogen-bond donors (Lipinski definition) is 0. The van der Waals surface area contributed by atoms with Crippen LogP contribution in [0.2, 0.25) is 0 Å². The lowest BCUT2D eigenvalue weighted by Crippen LogP contribution is -2.57. The average molecular weight is 336 g/mol. The van der Waals surface area contributed by atoms with Crippen LogP contribution in [0, 0.1) is 11.8 Å². The number of benzene rings is 1. The van der Waals surface area contributed by atoms with Gasteiger partial charge in [0.15, 0.2) is 0 Å². The van der Waals surface area contributed by atoms with Crippen LogP contribution < -0.4 is 4.74 Å². The molecule has 5 heterocycles. The summed E-state index contributed by atoms with van der Waals surface area (Å²) >= 11 is 0. The molecule has 25 heavy (non-hydrogen) atoms. The van der Waals surface area contributed by atoms with Gasteiger partial charge >= 0.3 is 0 Å². The monoisotopic (exact) mass is 336 g/mol. The van der Waals surface area contributed by atoms with Crippen LogP contribution >= 0.6 is 0 Å². The van der Waals surface area contributed by atoms with Crippen LogP contribution in [0.1, 0.15) is 18.4 Å². The van der Waals surface area contributed by atoms with Crippen molar-refractivity contribution in [2.24, 2.45) is 11.8 Å². The van der Waals surface area contributed by atoms with E-state index in [-0.39, 0.29) is 5.60 Å². The Hall–Kier alpha value is -1.91. The summed E-state index contributed by atoms with van der Waals surface area (Å²) in [5, 5.41) is 1.15. The second kappa shape index (κ2) is 5.55. The Morgan fingerprint density at radius 3 is 2.96 bits per heavy atom. The highest BCUT2D eigenvalue weighted by atomic mass is 16.6. The Labute approximate surface area is 148 Å². The van der Waals surface area contributed by atoms with Crippen LogP contribution in [0.3, 0.4) is 0 Å². The maximum atomic E-state index is 6.19. The summed E-state index contributed by atoms with van der Waals surface area (Å²) in [5.74, 6) is 2.25. The molecule has 130 valence electrons. The van der Waals surface area contributed by atoms with Gasteiger partial charge < -0.3 is 9.47 Å². The standard InChI is InChI=1S/C21H24N2O2/c1-3-14-12-23-9-7-15(14)10-20(23)21(13-25-21)18-6-8-22-19-5-4-16(24-2)11-17(18)19/h3-6,8,11,14-15,20H,1,7,9-10,12-13H2,2H3/t14?,15?,20?,21-/m0/s1. The third-order valence-corrected chi connectivity index (χ3v) is 6.51. The summed E-state index contributed by atoms with van der Waals surface area (Å²) in [7, 11) is 1.71. The summed E-state index contributed by atoms with van der Waals surface area (Å²) in [5.41, 5.74) is 2.09. The van der Waals surface area contributed by atoms with Crippen LogP contribution in [0.25, 0.3) is 10.9 Å². The van der Waals surface area contributed by atoms with Gasteiger partial charge in [-0.15, -0.1) is 6.58 Å². The van der Waals surface area contributed by atoms with E-state index in [1.807, 2.05) is 18.3 Å². The number of ether oxygens (including phenoxy) is 2. The van der Waals surface area contributed by atoms with Crippen LogP contribution in [0.4, 0.5) is 0 Å². The first-order valence-corrected chi connectivity index (χ1v) is 9.19. The van der Waals surface area contributed by atoms with E-state index in [1.165, 1.54) is 24.9 Å². The molecule has 4 aliphatic heterocycles. The van der Waals surface area contributed by atoms with Gasteiger partial charge in [0.2, 0.25) is 0 Å². The number of piperidine rings is 3. The van der Waals surface area contributed by atoms with Crippen LogP contribution in [0.5, 0.6) is 5.75 Å². The van der Waals surface area contributed by atoms with Gasteiger partial charge in [0.25, 0.3) is 0 Å². The number of epoxide rings is 1. The fourth-order valence-electron chi connectivity index (χ4n) is 5.05. The molecule has 4 nitrogen and oxygen atoms in total. The smallest absolute Gasteiger partial charge is 0.133 e. The Kier molecular flexibility index (Phi) is 3.41. The molecule has 2 aromatic rings. The minimum absolute atomic E-state index is 0.182. The third-order valence-electron chi connectivity index (χ3n) is 6.51. The van der Waals surface area contributed by atoms with E-state index >= 15 is 0 Å². The topological polar surface area (TPSA) is 37.9 Å². The van der Waals surface area contributed by atoms with Gasteiger partial charge in [0.05, 0.1) is 19.2 Å². The van der Waals surface area contributed by atoms with Gasteiger partial charge in [-0.2, -0.15) is 0 Å². The van der Waals surface area contributed by atoms with E-state index < -0.39 is 0 Å². The van der Waals surface area contributed by atoms with E-state index in [1.54, 1.807) is 7.11 Å². The molecule has 4 saturated heterocycles. The third kappa shape index (κ3) is 2.24. The summed E-state index contributed by atoms with van der Waals surface area (Å²) in [6.07, 6.45) is 6.55. The highest BCUT2D eigenvalue weighted by Crippen LogP contribution is 2.52. The van der Waals surface area contributed by atoms with E-state index in [9.17, 15) is 0 Å². The molecular weight excluding hydrogens is 312 g/mol. The van der Waals surface area contributed by atoms with E-state index in [0.717, 1.165) is 35.7 Å². The number of fused-ring (bicyclic) bond motifs is 4. The molecule has 4 aliphatic rings. The minimum atomic E-state index is -0.182. The molecule has 4 heteroatoms. The van der Waals surface area contributed by atoms with Gasteiger partial charge in [0, 0.05) is 24.2 Å². The van der Waals surface area contributed by atoms with E-state index in [0.29, 0.717) is 12.0 Å². The molecule has 1 aromatic heterocycles. The van der Waals surface area contributed by atoms with E-state index in [2.05, 4.69) is 34.7 Å². The Morgan fingerprint density at radius 2 is 2.28 bits per heavy atom. The first-order chi connectivity index (χ1) is 12.2. The first-order valence-electron chi connectivity index (χ1n) is 9.19. The molecule has 0 N–H and O–H groups in total. The zero-order valence-electron chi connectivity index (χ0n) is 14.6. The molecule has 0 spiro atoms. The molecule has 4 fully saturated rings. The average Bonchev–Trinajstić information content (AvgIpc) is 3.49. The number of hydrogen-bond acceptors (Lipinski definition) is 4. The lowest BCUT2D eigenvalue weighted by Gasteiger charge is -2.51. The van der Waals surface area contributed by atoms with Crippen molar-refractivity contribution in [1.82, 2.24) is 9.88 Å². The van der Waals surface area contributed by atoms with Gasteiger partial charge in [-0.25, -0.2) is 0 Å². The quantitative estimate of drug-likeness (QED) is 0.634. The largest absolute Gasteiger partial charge is 0.497 e. The molecule has 6 rings (SSSR count). The van der Waals surface area contributed by atoms with Crippen LogP contribution in [-0.4, -0.2) is 42.7 Å². The number of methoxy groups -OCH3 is 1. The predicted octanol–water partition coefficient (Wildman–Crippen LogP) is 3.37. The fraction of sp³-hybridized carbons (Fsp3) is 0.476. The lowest BCUT2D eigenvalue weighted by molar-refractivity contribution is -0.0205. The normalized spacial score (nSPS) is 36.4. The Bertz CT molecular complexity index is 830. The summed E-state index contributed by atoms with van der Waals surface area (Å²) in [6.45, 7) is 7.14. The van der Waals surface area contributed by atoms with Gasteiger partial charge in [-0.1, -0.05) is 6.08 Å². The zero-order valence-corrected chi connectivity index (χ0v) is 14.6. The first kappa shape index (κ1) is 15.4.